The van der Waals surface area contributed by atoms with Crippen LogP contribution in [0, 0.1) is 20.8 Å². The summed E-state index contributed by atoms with van der Waals surface area (Å²) in [4.78, 5) is 20.6. The number of ether oxygens (including phenoxy) is 1. The highest BCUT2D eigenvalue weighted by Crippen LogP contribution is 2.25. The molecule has 25 heavy (non-hydrogen) atoms. The van der Waals surface area contributed by atoms with Crippen LogP contribution in [-0.4, -0.2) is 32.4 Å². The van der Waals surface area contributed by atoms with E-state index in [1.807, 2.05) is 32.9 Å². The highest BCUT2D eigenvalue weighted by molar-refractivity contribution is 5.72. The van der Waals surface area contributed by atoms with Gasteiger partial charge in [-0.05, 0) is 49.6 Å². The van der Waals surface area contributed by atoms with Crippen LogP contribution in [0.2, 0.25) is 0 Å². The number of fused-ring (bicyclic) bond motifs is 1. The molecule has 0 aliphatic heterocycles. The summed E-state index contributed by atoms with van der Waals surface area (Å²) >= 11 is 0. The van der Waals surface area contributed by atoms with E-state index < -0.39 is 6.10 Å². The van der Waals surface area contributed by atoms with Gasteiger partial charge in [0.05, 0.1) is 11.9 Å². The molecule has 0 saturated carbocycles. The average Bonchev–Trinajstić information content (AvgIpc) is 2.61. The zero-order chi connectivity index (χ0) is 18.0. The van der Waals surface area contributed by atoms with E-state index in [2.05, 4.69) is 9.97 Å². The number of rotatable bonds is 5. The van der Waals surface area contributed by atoms with Crippen LogP contribution in [0.3, 0.4) is 0 Å². The third-order valence-electron chi connectivity index (χ3n) is 4.30. The van der Waals surface area contributed by atoms with Gasteiger partial charge in [-0.3, -0.25) is 9.36 Å². The van der Waals surface area contributed by atoms with Gasteiger partial charge >= 0.3 is 0 Å². The number of aryl methyl sites for hydroxylation is 2. The molecule has 2 heterocycles. The summed E-state index contributed by atoms with van der Waals surface area (Å²) in [6.07, 6.45) is 2.17. The van der Waals surface area contributed by atoms with Crippen LogP contribution in [0.25, 0.3) is 11.0 Å². The first-order valence-corrected chi connectivity index (χ1v) is 8.15. The van der Waals surface area contributed by atoms with Crippen molar-refractivity contribution in [3.05, 3.63) is 63.8 Å². The van der Waals surface area contributed by atoms with Crippen LogP contribution in [0.4, 0.5) is 0 Å². The summed E-state index contributed by atoms with van der Waals surface area (Å²) in [7, 11) is 0. The van der Waals surface area contributed by atoms with Crippen molar-refractivity contribution >= 4 is 11.0 Å². The highest BCUT2D eigenvalue weighted by Gasteiger charge is 2.13. The van der Waals surface area contributed by atoms with Gasteiger partial charge in [0, 0.05) is 6.20 Å². The lowest BCUT2D eigenvalue weighted by Gasteiger charge is -2.17. The van der Waals surface area contributed by atoms with Crippen molar-refractivity contribution in [3.63, 3.8) is 0 Å². The Morgan fingerprint density at radius 1 is 1.16 bits per heavy atom. The van der Waals surface area contributed by atoms with Crippen LogP contribution >= 0.6 is 0 Å². The molecule has 3 aromatic rings. The van der Waals surface area contributed by atoms with Crippen molar-refractivity contribution in [2.45, 2.75) is 33.4 Å². The fourth-order valence-corrected chi connectivity index (χ4v) is 2.74. The van der Waals surface area contributed by atoms with E-state index in [0.717, 1.165) is 22.4 Å². The van der Waals surface area contributed by atoms with Crippen molar-refractivity contribution in [1.82, 2.24) is 14.5 Å². The summed E-state index contributed by atoms with van der Waals surface area (Å²) in [5.41, 5.74) is 3.40. The second kappa shape index (κ2) is 7.03. The molecule has 0 fully saturated rings. The van der Waals surface area contributed by atoms with Crippen molar-refractivity contribution < 1.29 is 9.84 Å². The minimum absolute atomic E-state index is 0.0999. The van der Waals surface area contributed by atoms with Crippen LogP contribution in [0.5, 0.6) is 5.75 Å². The monoisotopic (exact) mass is 339 g/mol. The average molecular weight is 339 g/mol. The molecule has 0 aliphatic rings. The Morgan fingerprint density at radius 3 is 2.72 bits per heavy atom. The Hall–Kier alpha value is -2.73. The van der Waals surface area contributed by atoms with Crippen molar-refractivity contribution in [2.24, 2.45) is 0 Å². The Balaban J connectivity index is 1.74. The summed E-state index contributed by atoms with van der Waals surface area (Å²) in [5, 5.41) is 10.7. The fourth-order valence-electron chi connectivity index (χ4n) is 2.74. The molecular formula is C19H21N3O3. The largest absolute Gasteiger partial charge is 0.490 e. The molecule has 1 aromatic carbocycles. The number of nitrogens with zero attached hydrogens (tertiary/aromatic N) is 3. The lowest BCUT2D eigenvalue weighted by Crippen LogP contribution is -2.30. The minimum atomic E-state index is -0.826. The third-order valence-corrected chi connectivity index (χ3v) is 4.30. The number of benzene rings is 1. The molecule has 130 valence electrons. The second-order valence-corrected chi connectivity index (χ2v) is 6.19. The molecule has 0 spiro atoms. The first-order valence-electron chi connectivity index (χ1n) is 8.15. The van der Waals surface area contributed by atoms with Crippen LogP contribution < -0.4 is 10.3 Å². The van der Waals surface area contributed by atoms with Gasteiger partial charge in [0.15, 0.2) is 5.65 Å². The topological polar surface area (TPSA) is 77.2 Å². The number of hydrogen-bond acceptors (Lipinski definition) is 5. The van der Waals surface area contributed by atoms with E-state index >= 15 is 0 Å². The zero-order valence-corrected chi connectivity index (χ0v) is 14.6. The molecule has 0 aliphatic carbocycles. The molecule has 6 nitrogen and oxygen atoms in total. The molecule has 2 aromatic heterocycles. The molecule has 3 rings (SSSR count). The molecular weight excluding hydrogens is 318 g/mol. The van der Waals surface area contributed by atoms with Gasteiger partial charge in [-0.15, -0.1) is 0 Å². The van der Waals surface area contributed by atoms with E-state index in [0.29, 0.717) is 11.0 Å². The molecule has 0 saturated heterocycles. The predicted octanol–water partition coefficient (Wildman–Crippen LogP) is 2.16. The standard InChI is InChI=1S/C19H21N3O3/c1-12-6-7-13(2)17(14(12)3)25-10-15(23)9-22-11-21-18-16(19(22)24)5-4-8-20-18/h4-8,11,15,23H,9-10H2,1-3H3/t15-/m1/s1. The second-order valence-electron chi connectivity index (χ2n) is 6.19. The van der Waals surface area contributed by atoms with E-state index in [1.54, 1.807) is 18.3 Å². The predicted molar refractivity (Wildman–Crippen MR) is 96.0 cm³/mol. The summed E-state index contributed by atoms with van der Waals surface area (Å²) < 4.78 is 7.19. The lowest BCUT2D eigenvalue weighted by molar-refractivity contribution is 0.0908. The maximum atomic E-state index is 12.4. The number of aliphatic hydroxyl groups excluding tert-OH is 1. The fraction of sp³-hybridized carbons (Fsp3) is 0.316. The van der Waals surface area contributed by atoms with Crippen LogP contribution in [0.1, 0.15) is 16.7 Å². The third kappa shape index (κ3) is 3.53. The molecule has 0 unspecified atom stereocenters. The van der Waals surface area contributed by atoms with E-state index in [9.17, 15) is 9.90 Å². The van der Waals surface area contributed by atoms with Crippen molar-refractivity contribution in [2.75, 3.05) is 6.61 Å². The van der Waals surface area contributed by atoms with E-state index in [1.165, 1.54) is 10.9 Å². The number of hydrogen-bond donors (Lipinski definition) is 1. The summed E-state index contributed by atoms with van der Waals surface area (Å²) in [6.45, 7) is 6.20. The number of aliphatic hydroxyl groups is 1. The van der Waals surface area contributed by atoms with Gasteiger partial charge in [-0.1, -0.05) is 12.1 Å². The zero-order valence-electron chi connectivity index (χ0n) is 14.6. The molecule has 1 N–H and O–H groups in total. The van der Waals surface area contributed by atoms with Crippen molar-refractivity contribution in [1.29, 1.82) is 0 Å². The summed E-state index contributed by atoms with van der Waals surface area (Å²) in [6, 6.07) is 7.41. The highest BCUT2D eigenvalue weighted by atomic mass is 16.5. The SMILES string of the molecule is Cc1ccc(C)c(OC[C@H](O)Cn2cnc3ncccc3c2=O)c1C. The van der Waals surface area contributed by atoms with Gasteiger partial charge in [0.2, 0.25) is 0 Å². The quantitative estimate of drug-likeness (QED) is 0.771. The number of aromatic nitrogens is 3. The van der Waals surface area contributed by atoms with E-state index in [-0.39, 0.29) is 18.7 Å². The maximum Gasteiger partial charge on any atom is 0.262 e. The lowest BCUT2D eigenvalue weighted by atomic mass is 10.1. The Morgan fingerprint density at radius 2 is 1.92 bits per heavy atom. The van der Waals surface area contributed by atoms with Crippen molar-refractivity contribution in [3.8, 4) is 5.75 Å². The number of pyridine rings is 1. The minimum Gasteiger partial charge on any atom is -0.490 e. The van der Waals surface area contributed by atoms with Gasteiger partial charge < -0.3 is 9.84 Å². The Labute approximate surface area is 145 Å². The van der Waals surface area contributed by atoms with E-state index in [4.69, 9.17) is 4.74 Å². The first-order chi connectivity index (χ1) is 12.0. The Bertz CT molecular complexity index is 966. The normalized spacial score (nSPS) is 12.3. The molecule has 0 radical (unpaired) electrons. The molecule has 1 atom stereocenters. The summed E-state index contributed by atoms with van der Waals surface area (Å²) in [5.74, 6) is 0.784. The van der Waals surface area contributed by atoms with Crippen LogP contribution in [-0.2, 0) is 6.54 Å². The molecule has 6 heteroatoms. The van der Waals surface area contributed by atoms with Crippen LogP contribution in [0.15, 0.2) is 41.6 Å². The van der Waals surface area contributed by atoms with Gasteiger partial charge in [-0.2, -0.15) is 0 Å². The molecule has 0 amide bonds. The first kappa shape index (κ1) is 17.1. The molecule has 0 bridgehead atoms. The Kier molecular flexibility index (Phi) is 4.81. The van der Waals surface area contributed by atoms with Gasteiger partial charge in [0.25, 0.3) is 5.56 Å². The smallest absolute Gasteiger partial charge is 0.262 e. The maximum absolute atomic E-state index is 12.4. The van der Waals surface area contributed by atoms with Gasteiger partial charge in [-0.25, -0.2) is 9.97 Å². The van der Waals surface area contributed by atoms with Gasteiger partial charge in [0.1, 0.15) is 24.8 Å².